The van der Waals surface area contributed by atoms with Crippen molar-refractivity contribution in [3.05, 3.63) is 59.7 Å². The normalized spacial score (nSPS) is 18.4. The van der Waals surface area contributed by atoms with Gasteiger partial charge >= 0.3 is 0 Å². The summed E-state index contributed by atoms with van der Waals surface area (Å²) in [7, 11) is 0. The Morgan fingerprint density at radius 3 is 2.55 bits per heavy atom. The van der Waals surface area contributed by atoms with Crippen LogP contribution in [0.2, 0.25) is 0 Å². The molecule has 2 heterocycles. The van der Waals surface area contributed by atoms with E-state index >= 15 is 0 Å². The molecule has 1 unspecified atom stereocenters. The Balaban J connectivity index is 1.20. The summed E-state index contributed by atoms with van der Waals surface area (Å²) in [5.41, 5.74) is 4.00. The topological polar surface area (TPSA) is 81.8 Å². The molecule has 2 aliphatic heterocycles. The van der Waals surface area contributed by atoms with Crippen molar-refractivity contribution in [2.45, 2.75) is 32.6 Å². The smallest absolute Gasteiger partial charge is 0.238 e. The molecule has 7 nitrogen and oxygen atoms in total. The van der Waals surface area contributed by atoms with Crippen molar-refractivity contribution in [1.29, 1.82) is 0 Å². The maximum atomic E-state index is 12.7. The predicted octanol–water partition coefficient (Wildman–Crippen LogP) is 2.92. The molecular weight excluding hydrogens is 416 g/mol. The summed E-state index contributed by atoms with van der Waals surface area (Å²) in [6, 6.07) is 15.7. The number of para-hydroxylation sites is 2. The number of hydrogen-bond donors (Lipinski definition) is 2. The molecule has 0 radical (unpaired) electrons. The van der Waals surface area contributed by atoms with E-state index in [1.807, 2.05) is 53.4 Å². The Bertz CT molecular complexity index is 1010. The standard InChI is InChI=1S/C26H32N4O3/c1-2-19-7-3-5-9-22(19)27-24(31)18-29-13-15-30(16-14-29)25(32)12-11-21-17-20-8-4-6-10-23(20)28-26(21)33/h3-10,21H,2,11-18H2,1H3,(H,27,31)(H,28,33). The highest BCUT2D eigenvalue weighted by Gasteiger charge is 2.28. The second-order valence-corrected chi connectivity index (χ2v) is 8.80. The molecule has 2 aromatic carbocycles. The molecule has 0 spiro atoms. The van der Waals surface area contributed by atoms with Crippen molar-refractivity contribution in [3.63, 3.8) is 0 Å². The lowest BCUT2D eigenvalue weighted by Gasteiger charge is -2.34. The lowest BCUT2D eigenvalue weighted by Crippen LogP contribution is -2.50. The van der Waals surface area contributed by atoms with Crippen LogP contribution in [0.3, 0.4) is 0 Å². The number of carbonyl (C=O) groups is 3. The quantitative estimate of drug-likeness (QED) is 0.683. The molecule has 0 aliphatic carbocycles. The van der Waals surface area contributed by atoms with E-state index < -0.39 is 0 Å². The minimum atomic E-state index is -0.167. The fourth-order valence-electron chi connectivity index (χ4n) is 4.60. The Morgan fingerprint density at radius 2 is 1.76 bits per heavy atom. The van der Waals surface area contributed by atoms with Gasteiger partial charge in [0.2, 0.25) is 17.7 Å². The maximum absolute atomic E-state index is 12.7. The van der Waals surface area contributed by atoms with Crippen molar-refractivity contribution in [2.24, 2.45) is 5.92 Å². The average molecular weight is 449 g/mol. The van der Waals surface area contributed by atoms with Gasteiger partial charge in [-0.15, -0.1) is 0 Å². The number of nitrogens with zero attached hydrogens (tertiary/aromatic N) is 2. The Hall–Kier alpha value is -3.19. The van der Waals surface area contributed by atoms with Crippen LogP contribution in [0, 0.1) is 5.92 Å². The minimum Gasteiger partial charge on any atom is -0.340 e. The van der Waals surface area contributed by atoms with E-state index in [-0.39, 0.29) is 23.6 Å². The number of piperazine rings is 1. The maximum Gasteiger partial charge on any atom is 0.238 e. The molecule has 0 bridgehead atoms. The van der Waals surface area contributed by atoms with E-state index in [4.69, 9.17) is 0 Å². The van der Waals surface area contributed by atoms with Gasteiger partial charge in [-0.2, -0.15) is 0 Å². The third-order valence-corrected chi connectivity index (χ3v) is 6.58. The van der Waals surface area contributed by atoms with Gasteiger partial charge in [-0.3, -0.25) is 19.3 Å². The summed E-state index contributed by atoms with van der Waals surface area (Å²) in [6.07, 6.45) is 2.47. The number of carbonyl (C=O) groups excluding carboxylic acids is 3. The van der Waals surface area contributed by atoms with Crippen molar-refractivity contribution >= 4 is 29.1 Å². The van der Waals surface area contributed by atoms with Crippen LogP contribution in [0.15, 0.2) is 48.5 Å². The lowest BCUT2D eigenvalue weighted by molar-refractivity contribution is -0.133. The van der Waals surface area contributed by atoms with Gasteiger partial charge in [0.05, 0.1) is 6.54 Å². The van der Waals surface area contributed by atoms with E-state index in [1.54, 1.807) is 0 Å². The van der Waals surface area contributed by atoms with Crippen molar-refractivity contribution in [1.82, 2.24) is 9.80 Å². The first-order valence-corrected chi connectivity index (χ1v) is 11.8. The molecule has 1 fully saturated rings. The lowest BCUT2D eigenvalue weighted by atomic mass is 9.89. The summed E-state index contributed by atoms with van der Waals surface area (Å²) in [5.74, 6) is -0.108. The van der Waals surface area contributed by atoms with Gasteiger partial charge in [-0.1, -0.05) is 43.3 Å². The highest BCUT2D eigenvalue weighted by molar-refractivity contribution is 5.96. The first kappa shape index (κ1) is 23.0. The molecule has 174 valence electrons. The predicted molar refractivity (Wildman–Crippen MR) is 129 cm³/mol. The Labute approximate surface area is 195 Å². The summed E-state index contributed by atoms with van der Waals surface area (Å²) in [4.78, 5) is 41.5. The van der Waals surface area contributed by atoms with E-state index in [0.29, 0.717) is 52.0 Å². The number of nitrogens with one attached hydrogen (secondary N) is 2. The van der Waals surface area contributed by atoms with Crippen LogP contribution in [-0.4, -0.2) is 60.2 Å². The van der Waals surface area contributed by atoms with Gasteiger partial charge in [-0.25, -0.2) is 0 Å². The molecule has 3 amide bonds. The molecule has 7 heteroatoms. The summed E-state index contributed by atoms with van der Waals surface area (Å²) in [5, 5.41) is 5.96. The van der Waals surface area contributed by atoms with Crippen LogP contribution in [0.25, 0.3) is 0 Å². The third kappa shape index (κ3) is 5.79. The number of fused-ring (bicyclic) bond motifs is 1. The molecule has 2 N–H and O–H groups in total. The SMILES string of the molecule is CCc1ccccc1NC(=O)CN1CCN(C(=O)CCC2Cc3ccccc3NC2=O)CC1. The zero-order valence-corrected chi connectivity index (χ0v) is 19.2. The van der Waals surface area contributed by atoms with Gasteiger partial charge in [0.25, 0.3) is 0 Å². The fourth-order valence-corrected chi connectivity index (χ4v) is 4.60. The Morgan fingerprint density at radius 1 is 1.03 bits per heavy atom. The summed E-state index contributed by atoms with van der Waals surface area (Å²) in [6.45, 7) is 4.95. The molecule has 33 heavy (non-hydrogen) atoms. The molecule has 2 aromatic rings. The molecule has 1 atom stereocenters. The molecule has 0 aromatic heterocycles. The van der Waals surface area contributed by atoms with Crippen LogP contribution in [0.5, 0.6) is 0 Å². The monoisotopic (exact) mass is 448 g/mol. The molecule has 2 aliphatic rings. The molecule has 1 saturated heterocycles. The average Bonchev–Trinajstić information content (AvgIpc) is 2.83. The van der Waals surface area contributed by atoms with Crippen LogP contribution >= 0.6 is 0 Å². The van der Waals surface area contributed by atoms with E-state index in [9.17, 15) is 14.4 Å². The minimum absolute atomic E-state index is 0.00183. The van der Waals surface area contributed by atoms with E-state index in [0.717, 1.165) is 28.9 Å². The van der Waals surface area contributed by atoms with Gasteiger partial charge < -0.3 is 15.5 Å². The second-order valence-electron chi connectivity index (χ2n) is 8.80. The number of hydrogen-bond acceptors (Lipinski definition) is 4. The second kappa shape index (κ2) is 10.6. The number of anilines is 2. The van der Waals surface area contributed by atoms with E-state index in [1.165, 1.54) is 0 Å². The zero-order valence-electron chi connectivity index (χ0n) is 19.2. The fraction of sp³-hybridized carbons (Fsp3) is 0.423. The third-order valence-electron chi connectivity index (χ3n) is 6.58. The summed E-state index contributed by atoms with van der Waals surface area (Å²) < 4.78 is 0. The first-order chi connectivity index (χ1) is 16.0. The van der Waals surface area contributed by atoms with Gasteiger partial charge in [0, 0.05) is 49.9 Å². The van der Waals surface area contributed by atoms with Crippen LogP contribution in [0.1, 0.15) is 30.9 Å². The first-order valence-electron chi connectivity index (χ1n) is 11.8. The molecular formula is C26H32N4O3. The number of aryl methyl sites for hydroxylation is 1. The van der Waals surface area contributed by atoms with Crippen LogP contribution in [0.4, 0.5) is 11.4 Å². The Kier molecular flexibility index (Phi) is 7.40. The highest BCUT2D eigenvalue weighted by atomic mass is 16.2. The van der Waals surface area contributed by atoms with Crippen LogP contribution < -0.4 is 10.6 Å². The summed E-state index contributed by atoms with van der Waals surface area (Å²) >= 11 is 0. The zero-order chi connectivity index (χ0) is 23.2. The number of amides is 3. The van der Waals surface area contributed by atoms with Gasteiger partial charge in [0.1, 0.15) is 0 Å². The number of rotatable bonds is 7. The van der Waals surface area contributed by atoms with Crippen molar-refractivity contribution < 1.29 is 14.4 Å². The molecule has 0 saturated carbocycles. The van der Waals surface area contributed by atoms with Gasteiger partial charge in [0.15, 0.2) is 0 Å². The van der Waals surface area contributed by atoms with Crippen molar-refractivity contribution in [2.75, 3.05) is 43.4 Å². The van der Waals surface area contributed by atoms with Crippen LogP contribution in [-0.2, 0) is 27.2 Å². The largest absolute Gasteiger partial charge is 0.340 e. The molecule has 4 rings (SSSR count). The van der Waals surface area contributed by atoms with Gasteiger partial charge in [-0.05, 0) is 42.5 Å². The highest BCUT2D eigenvalue weighted by Crippen LogP contribution is 2.27. The van der Waals surface area contributed by atoms with E-state index in [2.05, 4.69) is 22.5 Å². The van der Waals surface area contributed by atoms with Crippen molar-refractivity contribution in [3.8, 4) is 0 Å². The number of benzene rings is 2.